The summed E-state index contributed by atoms with van der Waals surface area (Å²) in [7, 11) is 1.81. The second-order valence-corrected chi connectivity index (χ2v) is 8.05. The number of carbonyl (C=O) groups is 2. The average Bonchev–Trinajstić information content (AvgIpc) is 2.78. The van der Waals surface area contributed by atoms with Gasteiger partial charge in [-0.05, 0) is 53.7 Å². The monoisotopic (exact) mass is 361 g/mol. The minimum absolute atomic E-state index is 0.464. The number of benzene rings is 1. The van der Waals surface area contributed by atoms with Gasteiger partial charge < -0.3 is 14.0 Å². The molecule has 142 valence electrons. The molecule has 0 saturated carbocycles. The van der Waals surface area contributed by atoms with Crippen molar-refractivity contribution < 1.29 is 19.1 Å². The van der Waals surface area contributed by atoms with Gasteiger partial charge in [-0.25, -0.2) is 15.0 Å². The molecule has 0 aliphatic heterocycles. The molecule has 0 unspecified atom stereocenters. The third kappa shape index (κ3) is 4.91. The number of rotatable bonds is 1. The first-order valence-electron chi connectivity index (χ1n) is 8.44. The van der Waals surface area contributed by atoms with Crippen LogP contribution in [0.4, 0.5) is 15.4 Å². The van der Waals surface area contributed by atoms with E-state index in [1.807, 2.05) is 31.3 Å². The first-order valence-corrected chi connectivity index (χ1v) is 8.44. The molecular formula is C19H27N3O4. The maximum absolute atomic E-state index is 12.7. The number of nitrogens with one attached hydrogen (secondary N) is 1. The molecule has 0 saturated heterocycles. The lowest BCUT2D eigenvalue weighted by atomic mass is 10.2. The lowest BCUT2D eigenvalue weighted by molar-refractivity contribution is 0.0423. The number of nitrogens with zero attached hydrogens (tertiary/aromatic N) is 2. The van der Waals surface area contributed by atoms with Crippen LogP contribution in [0, 0.1) is 0 Å². The van der Waals surface area contributed by atoms with Crippen molar-refractivity contribution >= 4 is 28.9 Å². The zero-order valence-electron chi connectivity index (χ0n) is 16.4. The van der Waals surface area contributed by atoms with Crippen LogP contribution in [0.5, 0.6) is 0 Å². The van der Waals surface area contributed by atoms with Gasteiger partial charge >= 0.3 is 12.2 Å². The number of ether oxygens (including phenoxy) is 2. The number of aryl methyl sites for hydroxylation is 1. The number of anilines is 1. The summed E-state index contributed by atoms with van der Waals surface area (Å²) in [5.74, 6) is 0.464. The van der Waals surface area contributed by atoms with Gasteiger partial charge in [0.2, 0.25) is 0 Å². The molecule has 0 spiro atoms. The zero-order chi connectivity index (χ0) is 19.7. The normalized spacial score (nSPS) is 12.0. The summed E-state index contributed by atoms with van der Waals surface area (Å²) in [4.78, 5) is 25.0. The first-order chi connectivity index (χ1) is 11.9. The number of hydrogen-bond acceptors (Lipinski definition) is 4. The number of aromatic nitrogens is 1. The Morgan fingerprint density at radius 2 is 1.58 bits per heavy atom. The van der Waals surface area contributed by atoms with E-state index in [2.05, 4.69) is 5.43 Å². The molecule has 1 aromatic heterocycles. The molecule has 0 atom stereocenters. The van der Waals surface area contributed by atoms with Crippen molar-refractivity contribution in [2.75, 3.05) is 5.01 Å². The molecule has 1 N–H and O–H groups in total. The largest absolute Gasteiger partial charge is 0.443 e. The van der Waals surface area contributed by atoms with E-state index < -0.39 is 23.4 Å². The van der Waals surface area contributed by atoms with Gasteiger partial charge in [-0.15, -0.1) is 0 Å². The van der Waals surface area contributed by atoms with Gasteiger partial charge in [0.25, 0.3) is 0 Å². The van der Waals surface area contributed by atoms with Crippen molar-refractivity contribution in [2.45, 2.75) is 52.7 Å². The van der Waals surface area contributed by atoms with Gasteiger partial charge in [0, 0.05) is 18.0 Å². The Bertz CT molecular complexity index is 812. The van der Waals surface area contributed by atoms with E-state index in [0.29, 0.717) is 5.82 Å². The van der Waals surface area contributed by atoms with Crippen LogP contribution < -0.4 is 10.4 Å². The molecule has 7 heteroatoms. The molecule has 2 aromatic rings. The maximum Gasteiger partial charge on any atom is 0.435 e. The third-order valence-corrected chi connectivity index (χ3v) is 3.33. The van der Waals surface area contributed by atoms with E-state index >= 15 is 0 Å². The highest BCUT2D eigenvalue weighted by atomic mass is 16.6. The Morgan fingerprint density at radius 1 is 1.00 bits per heavy atom. The highest BCUT2D eigenvalue weighted by Gasteiger charge is 2.29. The van der Waals surface area contributed by atoms with E-state index in [-0.39, 0.29) is 0 Å². The Kier molecular flexibility index (Phi) is 5.21. The zero-order valence-corrected chi connectivity index (χ0v) is 16.4. The van der Waals surface area contributed by atoms with Crippen molar-refractivity contribution in [2.24, 2.45) is 7.05 Å². The van der Waals surface area contributed by atoms with Crippen LogP contribution in [0.3, 0.4) is 0 Å². The standard InChI is InChI=1S/C19H27N3O4/c1-18(2,3)25-16(23)20-22(17(24)26-19(4,5)6)15-12-13-10-8-9-11-14(13)21(15)7/h8-12H,1-7H3,(H,20,23). The molecule has 0 bridgehead atoms. The fourth-order valence-corrected chi connectivity index (χ4v) is 2.39. The topological polar surface area (TPSA) is 72.8 Å². The van der Waals surface area contributed by atoms with E-state index in [9.17, 15) is 9.59 Å². The fourth-order valence-electron chi connectivity index (χ4n) is 2.39. The number of hydrazine groups is 1. The Balaban J connectivity index is 2.40. The van der Waals surface area contributed by atoms with Gasteiger partial charge in [-0.1, -0.05) is 18.2 Å². The summed E-state index contributed by atoms with van der Waals surface area (Å²) in [6.45, 7) is 10.5. The number of hydrogen-bond donors (Lipinski definition) is 1. The Hall–Kier alpha value is -2.70. The van der Waals surface area contributed by atoms with E-state index in [0.717, 1.165) is 15.9 Å². The highest BCUT2D eigenvalue weighted by Crippen LogP contribution is 2.26. The minimum atomic E-state index is -0.742. The molecule has 2 rings (SSSR count). The van der Waals surface area contributed by atoms with Crippen LogP contribution in [-0.2, 0) is 16.5 Å². The van der Waals surface area contributed by atoms with Crippen LogP contribution in [0.15, 0.2) is 30.3 Å². The molecule has 1 heterocycles. The second kappa shape index (κ2) is 6.90. The van der Waals surface area contributed by atoms with E-state index in [1.54, 1.807) is 52.2 Å². The van der Waals surface area contributed by atoms with E-state index in [4.69, 9.17) is 9.47 Å². The minimum Gasteiger partial charge on any atom is -0.443 e. The smallest absolute Gasteiger partial charge is 0.435 e. The lowest BCUT2D eigenvalue weighted by Crippen LogP contribution is -2.50. The quantitative estimate of drug-likeness (QED) is 0.766. The predicted octanol–water partition coefficient (Wildman–Crippen LogP) is 4.36. The van der Waals surface area contributed by atoms with Crippen molar-refractivity contribution in [3.05, 3.63) is 30.3 Å². The van der Waals surface area contributed by atoms with Crippen LogP contribution >= 0.6 is 0 Å². The van der Waals surface area contributed by atoms with Crippen molar-refractivity contribution in [3.63, 3.8) is 0 Å². The Morgan fingerprint density at radius 3 is 2.12 bits per heavy atom. The number of para-hydroxylation sites is 1. The average molecular weight is 361 g/mol. The van der Waals surface area contributed by atoms with Gasteiger partial charge in [-0.2, -0.15) is 5.01 Å². The molecule has 26 heavy (non-hydrogen) atoms. The van der Waals surface area contributed by atoms with E-state index in [1.165, 1.54) is 0 Å². The van der Waals surface area contributed by atoms with Crippen molar-refractivity contribution in [1.29, 1.82) is 0 Å². The summed E-state index contributed by atoms with van der Waals surface area (Å²) in [5.41, 5.74) is 2.00. The van der Waals surface area contributed by atoms with Crippen molar-refractivity contribution in [1.82, 2.24) is 9.99 Å². The van der Waals surface area contributed by atoms with Gasteiger partial charge in [0.1, 0.15) is 17.0 Å². The molecule has 2 amide bonds. The first kappa shape index (κ1) is 19.6. The number of amides is 2. The number of carbonyl (C=O) groups excluding carboxylic acids is 2. The number of fused-ring (bicyclic) bond motifs is 1. The molecule has 7 nitrogen and oxygen atoms in total. The Labute approximate surface area is 153 Å². The van der Waals surface area contributed by atoms with Crippen LogP contribution in [0.1, 0.15) is 41.5 Å². The van der Waals surface area contributed by atoms with Crippen LogP contribution in [-0.4, -0.2) is 28.0 Å². The lowest BCUT2D eigenvalue weighted by Gasteiger charge is -2.28. The molecular weight excluding hydrogens is 334 g/mol. The predicted molar refractivity (Wildman–Crippen MR) is 101 cm³/mol. The highest BCUT2D eigenvalue weighted by molar-refractivity contribution is 5.94. The van der Waals surface area contributed by atoms with Crippen LogP contribution in [0.25, 0.3) is 10.9 Å². The summed E-state index contributed by atoms with van der Waals surface area (Å²) in [6.07, 6.45) is -1.44. The molecule has 0 aliphatic carbocycles. The van der Waals surface area contributed by atoms with Crippen molar-refractivity contribution in [3.8, 4) is 0 Å². The summed E-state index contributed by atoms with van der Waals surface area (Å²) in [6, 6.07) is 9.48. The van der Waals surface area contributed by atoms with Gasteiger partial charge in [-0.3, -0.25) is 0 Å². The SMILES string of the molecule is Cn1c(N(NC(=O)OC(C)(C)C)C(=O)OC(C)(C)C)cc2ccccc21. The summed E-state index contributed by atoms with van der Waals surface area (Å²) >= 11 is 0. The molecule has 0 fully saturated rings. The molecule has 0 aliphatic rings. The molecule has 1 aromatic carbocycles. The second-order valence-electron chi connectivity index (χ2n) is 8.05. The fraction of sp³-hybridized carbons (Fsp3) is 0.474. The molecule has 0 radical (unpaired) electrons. The van der Waals surface area contributed by atoms with Crippen LogP contribution in [0.2, 0.25) is 0 Å². The third-order valence-electron chi connectivity index (χ3n) is 3.33. The van der Waals surface area contributed by atoms with Gasteiger partial charge in [0.05, 0.1) is 0 Å². The maximum atomic E-state index is 12.7. The van der Waals surface area contributed by atoms with Gasteiger partial charge in [0.15, 0.2) is 0 Å². The summed E-state index contributed by atoms with van der Waals surface area (Å²) in [5, 5.41) is 2.00. The summed E-state index contributed by atoms with van der Waals surface area (Å²) < 4.78 is 12.5.